The van der Waals surface area contributed by atoms with Crippen LogP contribution in [-0.2, 0) is 11.3 Å². The van der Waals surface area contributed by atoms with Crippen LogP contribution in [0.4, 0.5) is 0 Å². The van der Waals surface area contributed by atoms with Crippen molar-refractivity contribution in [3.8, 4) is 0 Å². The highest BCUT2D eigenvalue weighted by atomic mass is 32.2. The molecule has 0 bridgehead atoms. The fourth-order valence-corrected chi connectivity index (χ4v) is 0.478. The first-order valence-corrected chi connectivity index (χ1v) is 2.98. The largest absolute Gasteiger partial charge is 0.760 e. The smallest absolute Gasteiger partial charge is 0.127 e. The molecule has 0 amide bonds. The molecule has 0 spiro atoms. The third kappa shape index (κ3) is 4.16. The average Bonchev–Trinajstić information content (AvgIpc) is 1.65. The normalized spacial score (nSPS) is 17.9. The van der Waals surface area contributed by atoms with Gasteiger partial charge in [-0.25, -0.2) is 4.72 Å². The molecule has 0 aliphatic carbocycles. The van der Waals surface area contributed by atoms with Crippen molar-refractivity contribution in [3.05, 3.63) is 0 Å². The SMILES string of the molecule is NCC(O)NS(=O)[O-]. The van der Waals surface area contributed by atoms with E-state index in [1.807, 2.05) is 0 Å². The molecule has 0 fully saturated rings. The van der Waals surface area contributed by atoms with Crippen molar-refractivity contribution in [2.45, 2.75) is 6.23 Å². The Morgan fingerprint density at radius 3 is 2.62 bits per heavy atom. The Hall–Kier alpha value is -0.0100. The van der Waals surface area contributed by atoms with Crippen LogP contribution in [0, 0.1) is 0 Å². The number of hydrogen-bond donors (Lipinski definition) is 3. The molecular weight excluding hydrogens is 132 g/mol. The van der Waals surface area contributed by atoms with E-state index in [-0.39, 0.29) is 6.54 Å². The van der Waals surface area contributed by atoms with Crippen LogP contribution >= 0.6 is 0 Å². The Morgan fingerprint density at radius 1 is 2.00 bits per heavy atom. The summed E-state index contributed by atoms with van der Waals surface area (Å²) in [4.78, 5) is 0. The van der Waals surface area contributed by atoms with Crippen molar-refractivity contribution in [2.75, 3.05) is 6.54 Å². The predicted molar refractivity (Wildman–Crippen MR) is 27.1 cm³/mol. The fourth-order valence-electron chi connectivity index (χ4n) is 0.159. The summed E-state index contributed by atoms with van der Waals surface area (Å²) in [6.45, 7) is -0.117. The van der Waals surface area contributed by atoms with Gasteiger partial charge in [0.05, 0.1) is 0 Å². The van der Waals surface area contributed by atoms with E-state index in [9.17, 15) is 8.76 Å². The first kappa shape index (κ1) is 7.99. The molecule has 6 heteroatoms. The number of aliphatic hydroxyl groups excluding tert-OH is 1. The van der Waals surface area contributed by atoms with Gasteiger partial charge in [-0.3, -0.25) is 4.21 Å². The molecule has 0 aromatic carbocycles. The Balaban J connectivity index is 3.24. The molecule has 4 N–H and O–H groups in total. The molecule has 2 atom stereocenters. The van der Waals surface area contributed by atoms with E-state index in [2.05, 4.69) is 0 Å². The molecule has 0 heterocycles. The first-order chi connectivity index (χ1) is 3.66. The highest BCUT2D eigenvalue weighted by Gasteiger charge is 1.95. The molecular formula is C2H7N2O3S-. The van der Waals surface area contributed by atoms with Crippen LogP contribution in [0.25, 0.3) is 0 Å². The molecule has 0 rings (SSSR count). The third-order valence-corrected chi connectivity index (χ3v) is 0.920. The lowest BCUT2D eigenvalue weighted by atomic mass is 10.6. The summed E-state index contributed by atoms with van der Waals surface area (Å²) in [5.74, 6) is 0. The van der Waals surface area contributed by atoms with Gasteiger partial charge < -0.3 is 15.4 Å². The lowest BCUT2D eigenvalue weighted by molar-refractivity contribution is 0.171. The summed E-state index contributed by atoms with van der Waals surface area (Å²) in [6, 6.07) is 0. The molecule has 0 saturated heterocycles. The minimum Gasteiger partial charge on any atom is -0.760 e. The summed E-state index contributed by atoms with van der Waals surface area (Å²) in [6.07, 6.45) is -1.16. The quantitative estimate of drug-likeness (QED) is 0.301. The summed E-state index contributed by atoms with van der Waals surface area (Å²) in [5, 5.41) is 8.40. The average molecular weight is 139 g/mol. The number of aliphatic hydroxyl groups is 1. The summed E-state index contributed by atoms with van der Waals surface area (Å²) < 4.78 is 21.0. The van der Waals surface area contributed by atoms with E-state index in [4.69, 9.17) is 10.8 Å². The van der Waals surface area contributed by atoms with Crippen molar-refractivity contribution in [2.24, 2.45) is 5.73 Å². The van der Waals surface area contributed by atoms with E-state index in [1.165, 1.54) is 0 Å². The van der Waals surface area contributed by atoms with Crippen LogP contribution in [0.2, 0.25) is 0 Å². The second kappa shape index (κ2) is 3.93. The lowest BCUT2D eigenvalue weighted by Gasteiger charge is -2.10. The van der Waals surface area contributed by atoms with E-state index >= 15 is 0 Å². The van der Waals surface area contributed by atoms with Gasteiger partial charge in [0.2, 0.25) is 0 Å². The number of hydrogen-bond acceptors (Lipinski definition) is 4. The van der Waals surface area contributed by atoms with Gasteiger partial charge in [-0.2, -0.15) is 0 Å². The lowest BCUT2D eigenvalue weighted by Crippen LogP contribution is -2.36. The molecule has 0 aliphatic rings. The highest BCUT2D eigenvalue weighted by Crippen LogP contribution is 1.70. The van der Waals surface area contributed by atoms with Crippen molar-refractivity contribution in [1.82, 2.24) is 4.72 Å². The second-order valence-corrected chi connectivity index (χ2v) is 1.81. The zero-order chi connectivity index (χ0) is 6.57. The van der Waals surface area contributed by atoms with Gasteiger partial charge in [-0.15, -0.1) is 0 Å². The van der Waals surface area contributed by atoms with Crippen molar-refractivity contribution >= 4 is 11.3 Å². The monoisotopic (exact) mass is 139 g/mol. The van der Waals surface area contributed by atoms with E-state index < -0.39 is 17.5 Å². The summed E-state index contributed by atoms with van der Waals surface area (Å²) in [7, 11) is 0. The fraction of sp³-hybridized carbons (Fsp3) is 1.00. The van der Waals surface area contributed by atoms with Gasteiger partial charge in [0.25, 0.3) is 0 Å². The number of rotatable bonds is 3. The minimum absolute atomic E-state index is 0.117. The van der Waals surface area contributed by atoms with Crippen LogP contribution in [0.5, 0.6) is 0 Å². The van der Waals surface area contributed by atoms with Crippen LogP contribution < -0.4 is 10.5 Å². The maximum Gasteiger partial charge on any atom is 0.127 e. The molecule has 0 saturated carbocycles. The molecule has 50 valence electrons. The number of nitrogens with two attached hydrogens (primary N) is 1. The molecule has 0 radical (unpaired) electrons. The van der Waals surface area contributed by atoms with Crippen LogP contribution in [0.3, 0.4) is 0 Å². The number of nitrogens with one attached hydrogen (secondary N) is 1. The van der Waals surface area contributed by atoms with E-state index in [0.29, 0.717) is 0 Å². The molecule has 0 aromatic rings. The van der Waals surface area contributed by atoms with Gasteiger partial charge in [-0.1, -0.05) is 0 Å². The molecule has 0 aromatic heterocycles. The standard InChI is InChI=1S/C2H8N2O3S/c3-1-2(5)4-8(6)7/h2,4-5H,1,3H2,(H,6,7)/p-1. The van der Waals surface area contributed by atoms with Gasteiger partial charge in [0, 0.05) is 17.8 Å². The Kier molecular flexibility index (Phi) is 3.92. The van der Waals surface area contributed by atoms with Crippen molar-refractivity contribution in [3.63, 3.8) is 0 Å². The maximum absolute atomic E-state index is 9.64. The third-order valence-electron chi connectivity index (χ3n) is 0.456. The Morgan fingerprint density at radius 2 is 2.50 bits per heavy atom. The van der Waals surface area contributed by atoms with E-state index in [1.54, 1.807) is 4.72 Å². The van der Waals surface area contributed by atoms with E-state index in [0.717, 1.165) is 0 Å². The van der Waals surface area contributed by atoms with Crippen LogP contribution in [0.15, 0.2) is 0 Å². The summed E-state index contributed by atoms with van der Waals surface area (Å²) in [5.41, 5.74) is 4.83. The van der Waals surface area contributed by atoms with Gasteiger partial charge in [0.15, 0.2) is 0 Å². The Labute approximate surface area is 49.3 Å². The zero-order valence-corrected chi connectivity index (χ0v) is 4.85. The van der Waals surface area contributed by atoms with Crippen LogP contribution in [-0.4, -0.2) is 26.6 Å². The van der Waals surface area contributed by atoms with Gasteiger partial charge in [-0.05, 0) is 0 Å². The zero-order valence-electron chi connectivity index (χ0n) is 4.03. The predicted octanol–water partition coefficient (Wildman–Crippen LogP) is -2.35. The van der Waals surface area contributed by atoms with Crippen molar-refractivity contribution in [1.29, 1.82) is 0 Å². The topological polar surface area (TPSA) is 98.4 Å². The minimum atomic E-state index is -2.43. The highest BCUT2D eigenvalue weighted by molar-refractivity contribution is 7.77. The van der Waals surface area contributed by atoms with Gasteiger partial charge in [0.1, 0.15) is 6.23 Å². The molecule has 5 nitrogen and oxygen atoms in total. The second-order valence-electron chi connectivity index (χ2n) is 1.10. The summed E-state index contributed by atoms with van der Waals surface area (Å²) >= 11 is -2.43. The molecule has 0 aliphatic heterocycles. The molecule has 2 unspecified atom stereocenters. The van der Waals surface area contributed by atoms with Crippen LogP contribution in [0.1, 0.15) is 0 Å². The Bertz CT molecular complexity index is 87.4. The first-order valence-electron chi connectivity index (χ1n) is 1.90. The van der Waals surface area contributed by atoms with Gasteiger partial charge >= 0.3 is 0 Å². The van der Waals surface area contributed by atoms with Crippen molar-refractivity contribution < 1.29 is 13.9 Å². The maximum atomic E-state index is 9.64. The molecule has 8 heavy (non-hydrogen) atoms.